The van der Waals surface area contributed by atoms with Crippen molar-refractivity contribution >= 4 is 32.7 Å². The standard InChI is InChI=1S/C25H27N5OS/c1-16-6-4-8-19(14-16)24(31)26-20-10-12-29(13-11-20)25-27-23-22(32-25)18(3)28-30(23)21-9-5-7-17(2)15-21/h4-9,14-15,20H,10-13H2,1-3H3,(H,26,31). The highest BCUT2D eigenvalue weighted by atomic mass is 32.1. The number of nitrogens with zero attached hydrogens (tertiary/aromatic N) is 4. The summed E-state index contributed by atoms with van der Waals surface area (Å²) in [6, 6.07) is 16.3. The van der Waals surface area contributed by atoms with Crippen LogP contribution in [0.5, 0.6) is 0 Å². The Morgan fingerprint density at radius 1 is 1.03 bits per heavy atom. The average molecular weight is 446 g/mol. The molecule has 1 saturated heterocycles. The molecule has 1 N–H and O–H groups in total. The van der Waals surface area contributed by atoms with Crippen LogP contribution in [0, 0.1) is 20.8 Å². The van der Waals surface area contributed by atoms with E-state index in [4.69, 9.17) is 10.1 Å². The predicted octanol–water partition coefficient (Wildman–Crippen LogP) is 4.81. The second kappa shape index (κ2) is 8.39. The quantitative estimate of drug-likeness (QED) is 0.490. The summed E-state index contributed by atoms with van der Waals surface area (Å²) < 4.78 is 3.09. The highest BCUT2D eigenvalue weighted by Gasteiger charge is 2.25. The molecule has 0 atom stereocenters. The molecule has 0 bridgehead atoms. The largest absolute Gasteiger partial charge is 0.349 e. The Bertz CT molecular complexity index is 1280. The minimum atomic E-state index is 0.0148. The van der Waals surface area contributed by atoms with E-state index in [1.165, 1.54) is 5.56 Å². The molecule has 3 heterocycles. The van der Waals surface area contributed by atoms with Crippen LogP contribution in [0.3, 0.4) is 0 Å². The molecule has 2 aromatic heterocycles. The summed E-state index contributed by atoms with van der Waals surface area (Å²) in [5.74, 6) is 0.0148. The molecule has 1 amide bonds. The van der Waals surface area contributed by atoms with Gasteiger partial charge in [0.1, 0.15) is 0 Å². The zero-order valence-electron chi connectivity index (χ0n) is 18.6. The SMILES string of the molecule is Cc1cccc(C(=O)NC2CCN(c3nc4c(s3)c(C)nn4-c3cccc(C)c3)CC2)c1. The number of benzene rings is 2. The fourth-order valence-electron chi connectivity index (χ4n) is 4.27. The number of carbonyl (C=O) groups excluding carboxylic acids is 1. The Hall–Kier alpha value is -3.19. The van der Waals surface area contributed by atoms with Crippen LogP contribution in [-0.4, -0.2) is 39.8 Å². The van der Waals surface area contributed by atoms with Gasteiger partial charge in [-0.05, 0) is 63.4 Å². The molecule has 5 rings (SSSR count). The van der Waals surface area contributed by atoms with Crippen LogP contribution >= 0.6 is 11.3 Å². The first kappa shape index (κ1) is 20.7. The maximum Gasteiger partial charge on any atom is 0.251 e. The van der Waals surface area contributed by atoms with Crippen molar-refractivity contribution in [2.24, 2.45) is 0 Å². The predicted molar refractivity (Wildman–Crippen MR) is 130 cm³/mol. The number of aryl methyl sites for hydroxylation is 3. The van der Waals surface area contributed by atoms with Gasteiger partial charge in [0.25, 0.3) is 5.91 Å². The maximum atomic E-state index is 12.6. The fourth-order valence-corrected chi connectivity index (χ4v) is 5.31. The van der Waals surface area contributed by atoms with Gasteiger partial charge in [-0.25, -0.2) is 4.68 Å². The number of hydrogen-bond donors (Lipinski definition) is 1. The lowest BCUT2D eigenvalue weighted by atomic mass is 10.0. The number of hydrogen-bond acceptors (Lipinski definition) is 5. The first-order valence-electron chi connectivity index (χ1n) is 11.0. The molecule has 0 spiro atoms. The second-order valence-corrected chi connectivity index (χ2v) is 9.57. The van der Waals surface area contributed by atoms with Crippen LogP contribution in [0.15, 0.2) is 48.5 Å². The molecular weight excluding hydrogens is 418 g/mol. The molecule has 32 heavy (non-hydrogen) atoms. The van der Waals surface area contributed by atoms with Gasteiger partial charge in [0, 0.05) is 24.7 Å². The van der Waals surface area contributed by atoms with E-state index in [0.717, 1.165) is 63.9 Å². The lowest BCUT2D eigenvalue weighted by Crippen LogP contribution is -2.44. The van der Waals surface area contributed by atoms with E-state index in [9.17, 15) is 4.79 Å². The van der Waals surface area contributed by atoms with E-state index >= 15 is 0 Å². The molecule has 1 aliphatic heterocycles. The summed E-state index contributed by atoms with van der Waals surface area (Å²) >= 11 is 1.71. The topological polar surface area (TPSA) is 63.1 Å². The number of anilines is 1. The number of piperidine rings is 1. The summed E-state index contributed by atoms with van der Waals surface area (Å²) in [6.45, 7) is 7.90. The van der Waals surface area contributed by atoms with Gasteiger partial charge in [-0.2, -0.15) is 10.1 Å². The minimum Gasteiger partial charge on any atom is -0.349 e. The summed E-state index contributed by atoms with van der Waals surface area (Å²) in [7, 11) is 0. The van der Waals surface area contributed by atoms with E-state index in [2.05, 4.69) is 41.4 Å². The second-order valence-electron chi connectivity index (χ2n) is 8.59. The van der Waals surface area contributed by atoms with Gasteiger partial charge in [0.15, 0.2) is 10.8 Å². The molecule has 2 aromatic carbocycles. The molecule has 1 aliphatic rings. The first-order chi connectivity index (χ1) is 15.5. The normalized spacial score (nSPS) is 14.8. The van der Waals surface area contributed by atoms with E-state index in [1.54, 1.807) is 11.3 Å². The number of rotatable bonds is 4. The Labute approximate surface area is 191 Å². The first-order valence-corrected chi connectivity index (χ1v) is 11.9. The van der Waals surface area contributed by atoms with Crippen molar-refractivity contribution in [3.63, 3.8) is 0 Å². The van der Waals surface area contributed by atoms with E-state index in [-0.39, 0.29) is 11.9 Å². The monoisotopic (exact) mass is 445 g/mol. The van der Waals surface area contributed by atoms with Gasteiger partial charge in [-0.3, -0.25) is 4.79 Å². The highest BCUT2D eigenvalue weighted by molar-refractivity contribution is 7.22. The molecule has 0 aliphatic carbocycles. The molecular formula is C25H27N5OS. The van der Waals surface area contributed by atoms with Gasteiger partial charge < -0.3 is 10.2 Å². The summed E-state index contributed by atoms with van der Waals surface area (Å²) in [4.78, 5) is 19.9. The molecule has 0 unspecified atom stereocenters. The van der Waals surface area contributed by atoms with Crippen molar-refractivity contribution in [1.29, 1.82) is 0 Å². The number of nitrogens with one attached hydrogen (secondary N) is 1. The van der Waals surface area contributed by atoms with Crippen LogP contribution in [0.2, 0.25) is 0 Å². The summed E-state index contributed by atoms with van der Waals surface area (Å²) in [5.41, 5.74) is 6.00. The fraction of sp³-hybridized carbons (Fsp3) is 0.320. The Morgan fingerprint density at radius 2 is 1.75 bits per heavy atom. The van der Waals surface area contributed by atoms with E-state index in [1.807, 2.05) is 42.8 Å². The number of carbonyl (C=O) groups is 1. The van der Waals surface area contributed by atoms with Crippen molar-refractivity contribution in [2.45, 2.75) is 39.7 Å². The van der Waals surface area contributed by atoms with E-state index < -0.39 is 0 Å². The van der Waals surface area contributed by atoms with Crippen LogP contribution in [0.4, 0.5) is 5.13 Å². The van der Waals surface area contributed by atoms with Crippen LogP contribution in [0.25, 0.3) is 16.0 Å². The average Bonchev–Trinajstić information content (AvgIpc) is 3.35. The van der Waals surface area contributed by atoms with Gasteiger partial charge >= 0.3 is 0 Å². The van der Waals surface area contributed by atoms with Gasteiger partial charge in [-0.1, -0.05) is 41.2 Å². The Kier molecular flexibility index (Phi) is 5.43. The van der Waals surface area contributed by atoms with Crippen LogP contribution in [-0.2, 0) is 0 Å². The number of thiazole rings is 1. The molecule has 1 fully saturated rings. The summed E-state index contributed by atoms with van der Waals surface area (Å²) in [6.07, 6.45) is 1.83. The van der Waals surface area contributed by atoms with Crippen molar-refractivity contribution in [1.82, 2.24) is 20.1 Å². The zero-order valence-corrected chi connectivity index (χ0v) is 19.4. The molecule has 7 heteroatoms. The number of amides is 1. The Morgan fingerprint density at radius 3 is 2.47 bits per heavy atom. The highest BCUT2D eigenvalue weighted by Crippen LogP contribution is 2.33. The molecule has 0 radical (unpaired) electrons. The Balaban J connectivity index is 1.29. The molecule has 164 valence electrons. The number of aromatic nitrogens is 3. The van der Waals surface area contributed by atoms with Gasteiger partial charge in [0.05, 0.1) is 16.1 Å². The van der Waals surface area contributed by atoms with Crippen LogP contribution < -0.4 is 10.2 Å². The smallest absolute Gasteiger partial charge is 0.251 e. The van der Waals surface area contributed by atoms with Crippen molar-refractivity contribution in [3.05, 3.63) is 70.9 Å². The third-order valence-electron chi connectivity index (χ3n) is 6.00. The number of fused-ring (bicyclic) bond motifs is 1. The lowest BCUT2D eigenvalue weighted by Gasteiger charge is -2.32. The van der Waals surface area contributed by atoms with Gasteiger partial charge in [0.2, 0.25) is 0 Å². The molecule has 4 aromatic rings. The minimum absolute atomic E-state index is 0.0148. The van der Waals surface area contributed by atoms with E-state index in [0.29, 0.717) is 0 Å². The third-order valence-corrected chi connectivity index (χ3v) is 7.22. The summed E-state index contributed by atoms with van der Waals surface area (Å²) in [5, 5.41) is 8.96. The van der Waals surface area contributed by atoms with Crippen molar-refractivity contribution in [2.75, 3.05) is 18.0 Å². The van der Waals surface area contributed by atoms with Crippen molar-refractivity contribution in [3.8, 4) is 5.69 Å². The van der Waals surface area contributed by atoms with Gasteiger partial charge in [-0.15, -0.1) is 0 Å². The van der Waals surface area contributed by atoms with Crippen molar-refractivity contribution < 1.29 is 4.79 Å². The lowest BCUT2D eigenvalue weighted by molar-refractivity contribution is 0.0931. The third kappa shape index (κ3) is 4.00. The molecule has 0 saturated carbocycles. The zero-order chi connectivity index (χ0) is 22.2. The van der Waals surface area contributed by atoms with Crippen LogP contribution in [0.1, 0.15) is 40.0 Å². The maximum absolute atomic E-state index is 12.6. The molecule has 6 nitrogen and oxygen atoms in total.